The third-order valence-corrected chi connectivity index (χ3v) is 5.49. The van der Waals surface area contributed by atoms with Crippen LogP contribution in [0.3, 0.4) is 0 Å². The molecule has 1 aromatic heterocycles. The number of hydrogen-bond donors (Lipinski definition) is 2. The molecule has 144 valence electrons. The lowest BCUT2D eigenvalue weighted by molar-refractivity contribution is -0.116. The summed E-state index contributed by atoms with van der Waals surface area (Å²) >= 11 is 0. The van der Waals surface area contributed by atoms with E-state index >= 15 is 0 Å². The van der Waals surface area contributed by atoms with E-state index in [9.17, 15) is 4.79 Å². The molecule has 5 rings (SSSR count). The van der Waals surface area contributed by atoms with Crippen molar-refractivity contribution in [1.82, 2.24) is 9.58 Å². The van der Waals surface area contributed by atoms with Gasteiger partial charge in [0, 0.05) is 41.8 Å². The largest absolute Gasteiger partial charge is 0.380 e. The number of para-hydroxylation sites is 1. The van der Waals surface area contributed by atoms with Gasteiger partial charge in [0.15, 0.2) is 0 Å². The molecule has 6 heteroatoms. The lowest BCUT2D eigenvalue weighted by Gasteiger charge is -2.20. The molecule has 0 fully saturated rings. The van der Waals surface area contributed by atoms with Gasteiger partial charge in [-0.25, -0.2) is 4.98 Å². The van der Waals surface area contributed by atoms with Crippen LogP contribution >= 0.6 is 0 Å². The Balaban J connectivity index is 1.67. The molecule has 3 heterocycles. The normalized spacial score (nSPS) is 22.8. The third kappa shape index (κ3) is 2.98. The summed E-state index contributed by atoms with van der Waals surface area (Å²) in [5.41, 5.74) is 3.90. The minimum absolute atomic E-state index is 0.0290. The maximum absolute atomic E-state index is 12.1. The van der Waals surface area contributed by atoms with Gasteiger partial charge in [-0.3, -0.25) is 4.79 Å². The average Bonchev–Trinajstić information content (AvgIpc) is 3.09. The molecule has 6 nitrogen and oxygen atoms in total. The number of anilines is 2. The molecule has 0 saturated carbocycles. The van der Waals surface area contributed by atoms with E-state index in [0.717, 1.165) is 39.1 Å². The third-order valence-electron chi connectivity index (χ3n) is 5.49. The van der Waals surface area contributed by atoms with Crippen LogP contribution in [0.5, 0.6) is 0 Å². The Morgan fingerprint density at radius 3 is 2.79 bits per heavy atom. The van der Waals surface area contributed by atoms with E-state index in [1.165, 1.54) is 0 Å². The number of fused-ring (bicyclic) bond motifs is 2. The van der Waals surface area contributed by atoms with Gasteiger partial charge >= 0.3 is 0 Å². The summed E-state index contributed by atoms with van der Waals surface area (Å²) in [7, 11) is 2.00. The maximum atomic E-state index is 12.1. The van der Waals surface area contributed by atoms with Gasteiger partial charge in [0.25, 0.3) is 5.82 Å². The monoisotopic (exact) mass is 384 g/mol. The Morgan fingerprint density at radius 2 is 1.97 bits per heavy atom. The van der Waals surface area contributed by atoms with Gasteiger partial charge in [-0.2, -0.15) is 0 Å². The van der Waals surface area contributed by atoms with Crippen molar-refractivity contribution in [2.24, 2.45) is 5.10 Å². The molecular weight excluding hydrogens is 362 g/mol. The van der Waals surface area contributed by atoms with Crippen LogP contribution in [0.2, 0.25) is 0 Å². The Labute approximate surface area is 169 Å². The number of aromatic nitrogens is 1. The zero-order chi connectivity index (χ0) is 20.0. The molecule has 0 bridgehead atoms. The highest BCUT2D eigenvalue weighted by Crippen LogP contribution is 2.40. The minimum Gasteiger partial charge on any atom is -0.380 e. The Hall–Kier alpha value is -3.51. The van der Waals surface area contributed by atoms with E-state index in [2.05, 4.69) is 46.1 Å². The molecular formula is C23H22N5O+. The molecule has 2 atom stereocenters. The van der Waals surface area contributed by atoms with Crippen LogP contribution < -0.4 is 15.2 Å². The van der Waals surface area contributed by atoms with Crippen LogP contribution in [0, 0.1) is 0 Å². The molecule has 0 saturated heterocycles. The average molecular weight is 384 g/mol. The second-order valence-electron chi connectivity index (χ2n) is 7.73. The molecule has 2 N–H and O–H groups in total. The Bertz CT molecular complexity index is 1190. The van der Waals surface area contributed by atoms with Crippen LogP contribution in [0.4, 0.5) is 17.2 Å². The van der Waals surface area contributed by atoms with Gasteiger partial charge in [-0.15, -0.1) is 4.59 Å². The molecule has 1 unspecified atom stereocenters. The summed E-state index contributed by atoms with van der Waals surface area (Å²) in [5, 5.41) is 13.2. The smallest absolute Gasteiger partial charge is 0.259 e. The second kappa shape index (κ2) is 6.53. The number of allylic oxidation sites excluding steroid dienone is 1. The van der Waals surface area contributed by atoms with Crippen LogP contribution in [0.15, 0.2) is 66.0 Å². The molecule has 0 aliphatic carbocycles. The Kier molecular flexibility index (Phi) is 3.96. The van der Waals surface area contributed by atoms with Crippen molar-refractivity contribution >= 4 is 40.1 Å². The number of nitrogens with zero attached hydrogens (tertiary/aromatic N) is 3. The topological polar surface area (TPSA) is 66.4 Å². The lowest BCUT2D eigenvalue weighted by Crippen LogP contribution is -2.31. The summed E-state index contributed by atoms with van der Waals surface area (Å²) in [4.78, 5) is 16.9. The number of quaternary nitrogens is 1. The lowest BCUT2D eigenvalue weighted by atomic mass is 9.97. The van der Waals surface area contributed by atoms with E-state index in [1.54, 1.807) is 6.21 Å². The number of amides is 1. The van der Waals surface area contributed by atoms with Crippen molar-refractivity contribution in [1.29, 1.82) is 0 Å². The predicted molar refractivity (Wildman–Crippen MR) is 119 cm³/mol. The van der Waals surface area contributed by atoms with Crippen LogP contribution in [-0.4, -0.2) is 30.2 Å². The highest BCUT2D eigenvalue weighted by molar-refractivity contribution is 6.05. The van der Waals surface area contributed by atoms with Gasteiger partial charge < -0.3 is 10.6 Å². The molecule has 1 amide bonds. The number of pyridine rings is 1. The highest BCUT2D eigenvalue weighted by atomic mass is 16.1. The predicted octanol–water partition coefficient (Wildman–Crippen LogP) is 4.49. The van der Waals surface area contributed by atoms with Crippen molar-refractivity contribution in [3.05, 3.63) is 60.9 Å². The quantitative estimate of drug-likeness (QED) is 0.640. The van der Waals surface area contributed by atoms with E-state index in [-0.39, 0.29) is 11.9 Å². The van der Waals surface area contributed by atoms with Gasteiger partial charge in [0.1, 0.15) is 13.2 Å². The number of carbonyl (C=O) groups is 1. The van der Waals surface area contributed by atoms with Crippen LogP contribution in [-0.2, 0) is 4.79 Å². The number of rotatable bonds is 2. The Morgan fingerprint density at radius 1 is 1.14 bits per heavy atom. The number of carbonyl (C=O) groups excluding carboxylic acids is 1. The second-order valence-corrected chi connectivity index (χ2v) is 7.73. The zero-order valence-electron chi connectivity index (χ0n) is 16.4. The zero-order valence-corrected chi connectivity index (χ0v) is 16.4. The van der Waals surface area contributed by atoms with Crippen LogP contribution in [0.1, 0.15) is 13.3 Å². The van der Waals surface area contributed by atoms with E-state index < -0.39 is 0 Å². The molecule has 3 aromatic rings. The van der Waals surface area contributed by atoms with Gasteiger partial charge in [0.2, 0.25) is 5.91 Å². The first-order valence-corrected chi connectivity index (χ1v) is 9.72. The fourth-order valence-electron chi connectivity index (χ4n) is 4.01. The summed E-state index contributed by atoms with van der Waals surface area (Å²) in [6.07, 6.45) is 8.09. The van der Waals surface area contributed by atoms with E-state index in [4.69, 9.17) is 4.98 Å². The van der Waals surface area contributed by atoms with Gasteiger partial charge in [-0.05, 0) is 23.9 Å². The van der Waals surface area contributed by atoms with Crippen molar-refractivity contribution in [3.63, 3.8) is 0 Å². The summed E-state index contributed by atoms with van der Waals surface area (Å²) in [6.45, 7) is 2.02. The molecule has 2 aliphatic heterocycles. The summed E-state index contributed by atoms with van der Waals surface area (Å²) in [6, 6.07) is 14.4. The van der Waals surface area contributed by atoms with Gasteiger partial charge in [-0.1, -0.05) is 35.4 Å². The van der Waals surface area contributed by atoms with Crippen molar-refractivity contribution in [3.8, 4) is 11.1 Å². The molecule has 0 radical (unpaired) electrons. The van der Waals surface area contributed by atoms with E-state index in [1.807, 2.05) is 44.6 Å². The molecule has 0 spiro atoms. The SMILES string of the molecule is C[C@@H]1CC(=O)Nc2cccc(-c3cccc4cc([N+]5(C)C=CC=N5)ncc34)c2N1. The molecule has 2 aliphatic rings. The first kappa shape index (κ1) is 17.6. The standard InChI is InChI=1S/C23H21N5O/c1-15-12-22(29)27-20-9-4-8-18(23(20)26-15)17-7-3-6-16-13-21(24-14-19(16)17)28(2)11-5-10-25-28/h3-11,13-15H,12H2,1-2H3,(H-,24,26,27,29)/p+1/t15-,28?/m1/s1. The maximum Gasteiger partial charge on any atom is 0.259 e. The first-order chi connectivity index (χ1) is 14.0. The number of nitrogens with one attached hydrogen (secondary N) is 2. The fourth-order valence-corrected chi connectivity index (χ4v) is 4.01. The van der Waals surface area contributed by atoms with Gasteiger partial charge in [0.05, 0.1) is 17.6 Å². The van der Waals surface area contributed by atoms with Crippen molar-refractivity contribution < 1.29 is 4.79 Å². The van der Waals surface area contributed by atoms with Crippen molar-refractivity contribution in [2.75, 3.05) is 17.7 Å². The minimum atomic E-state index is 0.0290. The van der Waals surface area contributed by atoms with E-state index in [0.29, 0.717) is 11.0 Å². The van der Waals surface area contributed by atoms with Crippen LogP contribution in [0.25, 0.3) is 21.9 Å². The number of hydrogen-bond acceptors (Lipinski definition) is 4. The molecule has 2 aromatic carbocycles. The molecule has 29 heavy (non-hydrogen) atoms. The summed E-state index contributed by atoms with van der Waals surface area (Å²) in [5.74, 6) is 0.895. The highest BCUT2D eigenvalue weighted by Gasteiger charge is 2.27. The number of benzene rings is 2. The van der Waals surface area contributed by atoms with Crippen molar-refractivity contribution in [2.45, 2.75) is 19.4 Å². The first-order valence-electron chi connectivity index (χ1n) is 9.72. The fraction of sp³-hybridized carbons (Fsp3) is 0.174. The summed E-state index contributed by atoms with van der Waals surface area (Å²) < 4.78 is 0.312.